The van der Waals surface area contributed by atoms with Crippen LogP contribution >= 0.6 is 0 Å². The Labute approximate surface area is 126 Å². The fourth-order valence-corrected chi connectivity index (χ4v) is 2.93. The Balaban J connectivity index is 1.83. The van der Waals surface area contributed by atoms with Crippen molar-refractivity contribution < 1.29 is 14.4 Å². The van der Waals surface area contributed by atoms with Crippen LogP contribution in [0.2, 0.25) is 0 Å². The van der Waals surface area contributed by atoms with Crippen molar-refractivity contribution in [1.29, 1.82) is 0 Å². The summed E-state index contributed by atoms with van der Waals surface area (Å²) < 4.78 is 0. The number of likely N-dealkylation sites (tertiary alicyclic amines) is 1. The molecule has 0 saturated carbocycles. The van der Waals surface area contributed by atoms with Crippen LogP contribution in [0.25, 0.3) is 0 Å². The summed E-state index contributed by atoms with van der Waals surface area (Å²) in [5, 5.41) is 0. The Hall–Kier alpha value is -1.65. The second-order valence-electron chi connectivity index (χ2n) is 6.58. The molecule has 0 aromatic carbocycles. The average Bonchev–Trinajstić information content (AvgIpc) is 3.05. The fourth-order valence-electron chi connectivity index (χ4n) is 2.93. The monoisotopic (exact) mass is 292 g/mol. The summed E-state index contributed by atoms with van der Waals surface area (Å²) in [5.41, 5.74) is 0.250. The van der Waals surface area contributed by atoms with E-state index in [2.05, 4.69) is 20.8 Å². The maximum absolute atomic E-state index is 12.2. The van der Waals surface area contributed by atoms with Crippen LogP contribution in [0.3, 0.4) is 0 Å². The first kappa shape index (κ1) is 15.7. The van der Waals surface area contributed by atoms with Gasteiger partial charge in [0, 0.05) is 38.2 Å². The molecule has 2 aliphatic rings. The van der Waals surface area contributed by atoms with Gasteiger partial charge < -0.3 is 4.90 Å². The smallest absolute Gasteiger partial charge is 0.253 e. The fraction of sp³-hybridized carbons (Fsp3) is 0.688. The molecular weight excluding hydrogens is 268 g/mol. The standard InChI is InChI=1S/C16H24N2O3/c1-4-16(2,3)12-7-9-17(11-12)13(19)8-10-18-14(20)5-6-15(18)21/h5-6,12H,4,7-11H2,1-3H3/t12-/m1/s1. The molecule has 0 N–H and O–H groups in total. The summed E-state index contributed by atoms with van der Waals surface area (Å²) in [6.07, 6.45) is 4.86. The predicted molar refractivity (Wildman–Crippen MR) is 79.2 cm³/mol. The van der Waals surface area contributed by atoms with E-state index in [1.807, 2.05) is 4.90 Å². The Morgan fingerprint density at radius 1 is 1.29 bits per heavy atom. The van der Waals surface area contributed by atoms with Gasteiger partial charge in [-0.1, -0.05) is 27.2 Å². The van der Waals surface area contributed by atoms with Crippen molar-refractivity contribution in [1.82, 2.24) is 9.80 Å². The summed E-state index contributed by atoms with van der Waals surface area (Å²) in [6.45, 7) is 8.44. The summed E-state index contributed by atoms with van der Waals surface area (Å²) in [5.74, 6) is -0.0708. The molecule has 0 bridgehead atoms. The van der Waals surface area contributed by atoms with Crippen molar-refractivity contribution in [3.63, 3.8) is 0 Å². The van der Waals surface area contributed by atoms with Gasteiger partial charge >= 0.3 is 0 Å². The Morgan fingerprint density at radius 2 is 1.90 bits per heavy atom. The molecule has 5 heteroatoms. The number of carbonyl (C=O) groups is 3. The van der Waals surface area contributed by atoms with Crippen LogP contribution in [0.1, 0.15) is 40.0 Å². The van der Waals surface area contributed by atoms with Crippen LogP contribution in [-0.2, 0) is 14.4 Å². The molecule has 0 unspecified atom stereocenters. The quantitative estimate of drug-likeness (QED) is 0.723. The van der Waals surface area contributed by atoms with Crippen molar-refractivity contribution in [2.75, 3.05) is 19.6 Å². The number of carbonyl (C=O) groups excluding carboxylic acids is 3. The molecule has 0 radical (unpaired) electrons. The topological polar surface area (TPSA) is 57.7 Å². The van der Waals surface area contributed by atoms with Gasteiger partial charge in [-0.25, -0.2) is 0 Å². The van der Waals surface area contributed by atoms with E-state index in [4.69, 9.17) is 0 Å². The number of nitrogens with zero attached hydrogens (tertiary/aromatic N) is 2. The lowest BCUT2D eigenvalue weighted by Gasteiger charge is -2.30. The zero-order valence-electron chi connectivity index (χ0n) is 13.1. The normalized spacial score (nSPS) is 22.5. The molecule has 3 amide bonds. The molecule has 116 valence electrons. The molecule has 2 heterocycles. The Morgan fingerprint density at radius 3 is 2.48 bits per heavy atom. The second kappa shape index (κ2) is 6.00. The number of imide groups is 1. The van der Waals surface area contributed by atoms with Crippen molar-refractivity contribution in [2.24, 2.45) is 11.3 Å². The van der Waals surface area contributed by atoms with E-state index in [-0.39, 0.29) is 36.1 Å². The van der Waals surface area contributed by atoms with Crippen molar-refractivity contribution >= 4 is 17.7 Å². The van der Waals surface area contributed by atoms with Gasteiger partial charge in [-0.3, -0.25) is 19.3 Å². The lowest BCUT2D eigenvalue weighted by atomic mass is 9.76. The highest BCUT2D eigenvalue weighted by atomic mass is 16.2. The summed E-state index contributed by atoms with van der Waals surface area (Å²) in [6, 6.07) is 0. The van der Waals surface area contributed by atoms with Crippen LogP contribution in [0.15, 0.2) is 12.2 Å². The van der Waals surface area contributed by atoms with Gasteiger partial charge in [0.05, 0.1) is 0 Å². The number of amides is 3. The van der Waals surface area contributed by atoms with E-state index in [9.17, 15) is 14.4 Å². The number of rotatable bonds is 5. The minimum Gasteiger partial charge on any atom is -0.342 e. The summed E-state index contributed by atoms with van der Waals surface area (Å²) in [7, 11) is 0. The zero-order chi connectivity index (χ0) is 15.6. The van der Waals surface area contributed by atoms with Crippen LogP contribution in [0.4, 0.5) is 0 Å². The Bertz CT molecular complexity index is 464. The molecule has 21 heavy (non-hydrogen) atoms. The molecule has 2 rings (SSSR count). The Kier molecular flexibility index (Phi) is 4.49. The third-order valence-corrected chi connectivity index (χ3v) is 5.01. The van der Waals surface area contributed by atoms with E-state index < -0.39 is 0 Å². The van der Waals surface area contributed by atoms with Crippen molar-refractivity contribution in [3.05, 3.63) is 12.2 Å². The largest absolute Gasteiger partial charge is 0.342 e. The third kappa shape index (κ3) is 3.34. The molecule has 1 atom stereocenters. The van der Waals surface area contributed by atoms with Crippen molar-refractivity contribution in [2.45, 2.75) is 40.0 Å². The predicted octanol–water partition coefficient (Wildman–Crippen LogP) is 1.59. The second-order valence-corrected chi connectivity index (χ2v) is 6.58. The maximum atomic E-state index is 12.2. The first-order valence-corrected chi connectivity index (χ1v) is 7.66. The number of hydrogen-bond donors (Lipinski definition) is 0. The van der Waals surface area contributed by atoms with Gasteiger partial charge in [0.25, 0.3) is 11.8 Å². The van der Waals surface area contributed by atoms with Crippen molar-refractivity contribution in [3.8, 4) is 0 Å². The van der Waals surface area contributed by atoms with Gasteiger partial charge in [-0.05, 0) is 17.8 Å². The van der Waals surface area contributed by atoms with E-state index in [0.717, 1.165) is 30.8 Å². The highest BCUT2D eigenvalue weighted by Gasteiger charge is 2.35. The van der Waals surface area contributed by atoms with Gasteiger partial charge in [-0.15, -0.1) is 0 Å². The molecule has 0 aromatic rings. The molecule has 1 saturated heterocycles. The average molecular weight is 292 g/mol. The highest BCUT2D eigenvalue weighted by Crippen LogP contribution is 2.36. The maximum Gasteiger partial charge on any atom is 0.253 e. The number of hydrogen-bond acceptors (Lipinski definition) is 3. The van der Waals surface area contributed by atoms with Crippen LogP contribution in [0.5, 0.6) is 0 Å². The molecule has 1 fully saturated rings. The van der Waals surface area contributed by atoms with Gasteiger partial charge in [0.1, 0.15) is 0 Å². The first-order valence-electron chi connectivity index (χ1n) is 7.66. The lowest BCUT2D eigenvalue weighted by molar-refractivity contribution is -0.138. The van der Waals surface area contributed by atoms with Crippen LogP contribution in [-0.4, -0.2) is 47.2 Å². The van der Waals surface area contributed by atoms with Gasteiger partial charge in [-0.2, -0.15) is 0 Å². The minimum atomic E-state index is -0.320. The molecule has 0 aromatic heterocycles. The third-order valence-electron chi connectivity index (χ3n) is 5.01. The van der Waals surface area contributed by atoms with Crippen LogP contribution < -0.4 is 0 Å². The van der Waals surface area contributed by atoms with Gasteiger partial charge in [0.15, 0.2) is 0 Å². The summed E-state index contributed by atoms with van der Waals surface area (Å²) >= 11 is 0. The van der Waals surface area contributed by atoms with E-state index >= 15 is 0 Å². The molecular formula is C16H24N2O3. The first-order chi connectivity index (χ1) is 9.85. The molecule has 2 aliphatic heterocycles. The zero-order valence-corrected chi connectivity index (χ0v) is 13.1. The van der Waals surface area contributed by atoms with E-state index in [1.54, 1.807) is 0 Å². The summed E-state index contributed by atoms with van der Waals surface area (Å²) in [4.78, 5) is 38.1. The van der Waals surface area contributed by atoms with Gasteiger partial charge in [0.2, 0.25) is 5.91 Å². The molecule has 5 nitrogen and oxygen atoms in total. The van der Waals surface area contributed by atoms with Crippen LogP contribution in [0, 0.1) is 11.3 Å². The molecule has 0 spiro atoms. The highest BCUT2D eigenvalue weighted by molar-refractivity contribution is 6.13. The SMILES string of the molecule is CCC(C)(C)[C@@H]1CCN(C(=O)CCN2C(=O)C=CC2=O)C1. The lowest BCUT2D eigenvalue weighted by Crippen LogP contribution is -2.36. The van der Waals surface area contributed by atoms with E-state index in [1.165, 1.54) is 12.2 Å². The minimum absolute atomic E-state index is 0.0388. The molecule has 0 aliphatic carbocycles. The van der Waals surface area contributed by atoms with E-state index in [0.29, 0.717) is 5.92 Å².